The summed E-state index contributed by atoms with van der Waals surface area (Å²) in [4.78, 5) is 25.9. The van der Waals surface area contributed by atoms with E-state index in [0.29, 0.717) is 31.6 Å². The molecule has 0 spiro atoms. The van der Waals surface area contributed by atoms with Crippen molar-refractivity contribution in [1.82, 2.24) is 10.2 Å². The number of hydrogen-bond acceptors (Lipinski definition) is 3. The Morgan fingerprint density at radius 2 is 1.75 bits per heavy atom. The van der Waals surface area contributed by atoms with Crippen molar-refractivity contribution < 1.29 is 9.59 Å². The Morgan fingerprint density at radius 3 is 2.33 bits per heavy atom. The lowest BCUT2D eigenvalue weighted by Gasteiger charge is -2.18. The minimum absolute atomic E-state index is 0.0458. The van der Waals surface area contributed by atoms with Crippen LogP contribution in [0.3, 0.4) is 0 Å². The first-order chi connectivity index (χ1) is 11.6. The minimum Gasteiger partial charge on any atom is -0.352 e. The molecule has 1 heterocycles. The predicted molar refractivity (Wildman–Crippen MR) is 98.2 cm³/mol. The van der Waals surface area contributed by atoms with Crippen LogP contribution in [-0.2, 0) is 17.8 Å². The van der Waals surface area contributed by atoms with Gasteiger partial charge >= 0.3 is 0 Å². The van der Waals surface area contributed by atoms with Gasteiger partial charge in [-0.2, -0.15) is 11.3 Å². The third-order valence-corrected chi connectivity index (χ3v) is 4.69. The van der Waals surface area contributed by atoms with E-state index in [1.54, 1.807) is 16.2 Å². The minimum atomic E-state index is 0.0458. The Labute approximate surface area is 147 Å². The van der Waals surface area contributed by atoms with Gasteiger partial charge in [-0.15, -0.1) is 0 Å². The second-order valence-corrected chi connectivity index (χ2v) is 6.36. The van der Waals surface area contributed by atoms with Crippen molar-refractivity contribution in [2.75, 3.05) is 13.1 Å². The van der Waals surface area contributed by atoms with Crippen LogP contribution in [0.1, 0.15) is 41.8 Å². The molecule has 2 rings (SSSR count). The molecule has 0 aliphatic heterocycles. The molecule has 24 heavy (non-hydrogen) atoms. The molecular formula is C19H24N2O2S. The standard InChI is InChI=1S/C19H24N2O2S/c1-3-21(4-2)19(23)17-8-5-15(6-9-17)13-20-18(22)10-7-16-11-12-24-14-16/h5-6,8-9,11-12,14H,3-4,7,10,13H2,1-2H3,(H,20,22). The van der Waals surface area contributed by atoms with Crippen LogP contribution in [0.2, 0.25) is 0 Å². The number of aryl methyl sites for hydroxylation is 1. The van der Waals surface area contributed by atoms with Crippen LogP contribution in [0.15, 0.2) is 41.1 Å². The number of nitrogens with zero attached hydrogens (tertiary/aromatic N) is 1. The maximum Gasteiger partial charge on any atom is 0.253 e. The van der Waals surface area contributed by atoms with E-state index < -0.39 is 0 Å². The maximum atomic E-state index is 12.2. The van der Waals surface area contributed by atoms with Gasteiger partial charge in [0.25, 0.3) is 5.91 Å². The molecule has 5 heteroatoms. The van der Waals surface area contributed by atoms with Gasteiger partial charge in [-0.25, -0.2) is 0 Å². The molecule has 0 atom stereocenters. The Kier molecular flexibility index (Phi) is 7.00. The molecule has 2 amide bonds. The van der Waals surface area contributed by atoms with Gasteiger partial charge in [0.05, 0.1) is 0 Å². The number of amides is 2. The van der Waals surface area contributed by atoms with Gasteiger partial charge in [0, 0.05) is 31.6 Å². The summed E-state index contributed by atoms with van der Waals surface area (Å²) in [6.07, 6.45) is 1.27. The summed E-state index contributed by atoms with van der Waals surface area (Å²) in [5.74, 6) is 0.0934. The van der Waals surface area contributed by atoms with Crippen molar-refractivity contribution in [1.29, 1.82) is 0 Å². The fourth-order valence-electron chi connectivity index (χ4n) is 2.44. The van der Waals surface area contributed by atoms with E-state index >= 15 is 0 Å². The van der Waals surface area contributed by atoms with Crippen LogP contribution in [-0.4, -0.2) is 29.8 Å². The average molecular weight is 344 g/mol. The van der Waals surface area contributed by atoms with E-state index in [-0.39, 0.29) is 11.8 Å². The SMILES string of the molecule is CCN(CC)C(=O)c1ccc(CNC(=O)CCc2ccsc2)cc1. The summed E-state index contributed by atoms with van der Waals surface area (Å²) in [6, 6.07) is 9.50. The van der Waals surface area contributed by atoms with Crippen LogP contribution in [0, 0.1) is 0 Å². The molecule has 0 radical (unpaired) electrons. The topological polar surface area (TPSA) is 49.4 Å². The molecule has 0 unspecified atom stereocenters. The maximum absolute atomic E-state index is 12.2. The number of thiophene rings is 1. The van der Waals surface area contributed by atoms with Crippen molar-refractivity contribution in [2.45, 2.75) is 33.2 Å². The Balaban J connectivity index is 1.81. The van der Waals surface area contributed by atoms with Crippen LogP contribution < -0.4 is 5.32 Å². The van der Waals surface area contributed by atoms with E-state index in [4.69, 9.17) is 0 Å². The lowest BCUT2D eigenvalue weighted by Crippen LogP contribution is -2.30. The van der Waals surface area contributed by atoms with Crippen molar-refractivity contribution in [3.63, 3.8) is 0 Å². The van der Waals surface area contributed by atoms with Gasteiger partial charge in [-0.3, -0.25) is 9.59 Å². The van der Waals surface area contributed by atoms with Gasteiger partial charge in [0.15, 0.2) is 0 Å². The zero-order chi connectivity index (χ0) is 17.4. The van der Waals surface area contributed by atoms with E-state index in [1.807, 2.05) is 49.6 Å². The fourth-order valence-corrected chi connectivity index (χ4v) is 3.14. The molecule has 0 fully saturated rings. The predicted octanol–water partition coefficient (Wildman–Crippen LogP) is 3.48. The number of benzene rings is 1. The average Bonchev–Trinajstić information content (AvgIpc) is 3.13. The van der Waals surface area contributed by atoms with E-state index in [1.165, 1.54) is 5.56 Å². The molecule has 4 nitrogen and oxygen atoms in total. The largest absolute Gasteiger partial charge is 0.352 e. The first kappa shape index (κ1) is 18.2. The molecule has 2 aromatic rings. The lowest BCUT2D eigenvalue weighted by atomic mass is 10.1. The number of nitrogens with one attached hydrogen (secondary N) is 1. The summed E-state index contributed by atoms with van der Waals surface area (Å²) in [6.45, 7) is 5.85. The van der Waals surface area contributed by atoms with Crippen LogP contribution >= 0.6 is 11.3 Å². The monoisotopic (exact) mass is 344 g/mol. The van der Waals surface area contributed by atoms with Crippen molar-refractivity contribution >= 4 is 23.2 Å². The molecule has 128 valence electrons. The summed E-state index contributed by atoms with van der Waals surface area (Å²) < 4.78 is 0. The Morgan fingerprint density at radius 1 is 1.04 bits per heavy atom. The zero-order valence-corrected chi connectivity index (χ0v) is 15.1. The summed E-state index contributed by atoms with van der Waals surface area (Å²) in [7, 11) is 0. The van der Waals surface area contributed by atoms with Gasteiger partial charge in [-0.05, 0) is 60.4 Å². The quantitative estimate of drug-likeness (QED) is 0.797. The summed E-state index contributed by atoms with van der Waals surface area (Å²) >= 11 is 1.65. The highest BCUT2D eigenvalue weighted by Crippen LogP contribution is 2.10. The molecule has 1 aromatic carbocycles. The third-order valence-electron chi connectivity index (χ3n) is 3.96. The first-order valence-corrected chi connectivity index (χ1v) is 9.24. The van der Waals surface area contributed by atoms with Gasteiger partial charge in [0.2, 0.25) is 5.91 Å². The van der Waals surface area contributed by atoms with Gasteiger partial charge < -0.3 is 10.2 Å². The molecule has 0 bridgehead atoms. The first-order valence-electron chi connectivity index (χ1n) is 8.30. The third kappa shape index (κ3) is 5.20. The van der Waals surface area contributed by atoms with E-state index in [0.717, 1.165) is 12.0 Å². The molecule has 0 aliphatic rings. The number of rotatable bonds is 8. The highest BCUT2D eigenvalue weighted by Gasteiger charge is 2.12. The normalized spacial score (nSPS) is 10.4. The molecular weight excluding hydrogens is 320 g/mol. The molecule has 0 saturated heterocycles. The summed E-state index contributed by atoms with van der Waals surface area (Å²) in [5, 5.41) is 7.01. The number of carbonyl (C=O) groups is 2. The van der Waals surface area contributed by atoms with Crippen molar-refractivity contribution in [2.24, 2.45) is 0 Å². The molecule has 0 saturated carbocycles. The lowest BCUT2D eigenvalue weighted by molar-refractivity contribution is -0.121. The molecule has 1 N–H and O–H groups in total. The highest BCUT2D eigenvalue weighted by molar-refractivity contribution is 7.07. The van der Waals surface area contributed by atoms with Crippen LogP contribution in [0.25, 0.3) is 0 Å². The number of carbonyl (C=O) groups excluding carboxylic acids is 2. The zero-order valence-electron chi connectivity index (χ0n) is 14.2. The number of hydrogen-bond donors (Lipinski definition) is 1. The van der Waals surface area contributed by atoms with E-state index in [2.05, 4.69) is 10.7 Å². The van der Waals surface area contributed by atoms with Crippen LogP contribution in [0.4, 0.5) is 0 Å². The second-order valence-electron chi connectivity index (χ2n) is 5.58. The Hall–Kier alpha value is -2.14. The summed E-state index contributed by atoms with van der Waals surface area (Å²) in [5.41, 5.74) is 2.88. The highest BCUT2D eigenvalue weighted by atomic mass is 32.1. The van der Waals surface area contributed by atoms with Crippen molar-refractivity contribution in [3.8, 4) is 0 Å². The molecule has 0 aliphatic carbocycles. The Bertz CT molecular complexity index is 647. The molecule has 1 aromatic heterocycles. The smallest absolute Gasteiger partial charge is 0.253 e. The van der Waals surface area contributed by atoms with Crippen molar-refractivity contribution in [3.05, 3.63) is 57.8 Å². The van der Waals surface area contributed by atoms with Gasteiger partial charge in [0.1, 0.15) is 0 Å². The second kappa shape index (κ2) is 9.23. The van der Waals surface area contributed by atoms with Crippen LogP contribution in [0.5, 0.6) is 0 Å². The van der Waals surface area contributed by atoms with Gasteiger partial charge in [-0.1, -0.05) is 12.1 Å². The fraction of sp³-hybridized carbons (Fsp3) is 0.368. The van der Waals surface area contributed by atoms with E-state index in [9.17, 15) is 9.59 Å².